The van der Waals surface area contributed by atoms with Crippen molar-refractivity contribution in [3.8, 4) is 5.75 Å². The van der Waals surface area contributed by atoms with Gasteiger partial charge in [-0.25, -0.2) is 4.98 Å². The van der Waals surface area contributed by atoms with Gasteiger partial charge in [-0.1, -0.05) is 6.92 Å². The highest BCUT2D eigenvalue weighted by Gasteiger charge is 2.26. The average molecular weight is 429 g/mol. The predicted octanol–water partition coefficient (Wildman–Crippen LogP) is 2.13. The van der Waals surface area contributed by atoms with Crippen molar-refractivity contribution in [1.82, 2.24) is 19.8 Å². The Bertz CT molecular complexity index is 973. The molecule has 168 valence electrons. The highest BCUT2D eigenvalue weighted by molar-refractivity contribution is 6.01. The van der Waals surface area contributed by atoms with E-state index in [0.717, 1.165) is 51.8 Å². The second-order valence-electron chi connectivity index (χ2n) is 8.79. The van der Waals surface area contributed by atoms with Crippen LogP contribution in [-0.2, 0) is 11.3 Å². The van der Waals surface area contributed by atoms with Crippen molar-refractivity contribution in [1.29, 1.82) is 0 Å². The first-order valence-corrected chi connectivity index (χ1v) is 11.4. The third kappa shape index (κ3) is 4.91. The molecule has 2 N–H and O–H groups in total. The first-order chi connectivity index (χ1) is 15.0. The minimum atomic E-state index is -0.496. The smallest absolute Gasteiger partial charge is 0.268 e. The molecule has 0 bridgehead atoms. The summed E-state index contributed by atoms with van der Waals surface area (Å²) in [6.07, 6.45) is 6.46. The summed E-state index contributed by atoms with van der Waals surface area (Å²) in [5.74, 6) is -0.117. The lowest BCUT2D eigenvalue weighted by Gasteiger charge is -2.27. The zero-order valence-corrected chi connectivity index (χ0v) is 18.2. The molecule has 31 heavy (non-hydrogen) atoms. The van der Waals surface area contributed by atoms with Crippen LogP contribution < -0.4 is 10.9 Å². The Kier molecular flexibility index (Phi) is 6.87. The van der Waals surface area contributed by atoms with Gasteiger partial charge in [0.2, 0.25) is 0 Å². The molecule has 1 saturated heterocycles. The van der Waals surface area contributed by atoms with Crippen LogP contribution >= 0.6 is 0 Å². The molecule has 0 unspecified atom stereocenters. The summed E-state index contributed by atoms with van der Waals surface area (Å²) in [6, 6.07) is 3.44. The number of carbonyl (C=O) groups is 1. The summed E-state index contributed by atoms with van der Waals surface area (Å²) in [5, 5.41) is 14.2. The Balaban J connectivity index is 1.62. The van der Waals surface area contributed by atoms with Gasteiger partial charge in [-0.05, 0) is 50.2 Å². The molecule has 0 aromatic carbocycles. The minimum Gasteiger partial charge on any atom is -0.506 e. The molecule has 0 radical (unpaired) electrons. The van der Waals surface area contributed by atoms with Gasteiger partial charge in [0.25, 0.3) is 11.5 Å². The van der Waals surface area contributed by atoms with E-state index in [1.165, 1.54) is 4.57 Å². The van der Waals surface area contributed by atoms with E-state index in [9.17, 15) is 14.7 Å². The first-order valence-electron chi connectivity index (χ1n) is 11.4. The fourth-order valence-corrected chi connectivity index (χ4v) is 4.60. The molecule has 2 aliphatic rings. The molecule has 8 nitrogen and oxygen atoms in total. The molecule has 8 heteroatoms. The SMILES string of the molecule is C[C@H]1CC[C@@H](NC(=O)c2c(O)c3cccnc3n(CCN3CCCOCC3)c2=O)CC1. The number of amides is 1. The molecule has 1 aliphatic heterocycles. The van der Waals surface area contributed by atoms with Crippen LogP contribution in [0.3, 0.4) is 0 Å². The van der Waals surface area contributed by atoms with Gasteiger partial charge in [0, 0.05) is 45.0 Å². The van der Waals surface area contributed by atoms with Crippen LogP contribution in [0.5, 0.6) is 5.75 Å². The number of hydrogen-bond donors (Lipinski definition) is 2. The van der Waals surface area contributed by atoms with Crippen molar-refractivity contribution >= 4 is 16.9 Å². The number of fused-ring (bicyclic) bond motifs is 1. The average Bonchev–Trinajstić information content (AvgIpc) is 3.04. The van der Waals surface area contributed by atoms with Crippen LogP contribution in [-0.4, -0.2) is 64.4 Å². The second kappa shape index (κ2) is 9.78. The predicted molar refractivity (Wildman–Crippen MR) is 118 cm³/mol. The molecular weight excluding hydrogens is 396 g/mol. The van der Waals surface area contributed by atoms with Crippen LogP contribution in [0.4, 0.5) is 0 Å². The highest BCUT2D eigenvalue weighted by Crippen LogP contribution is 2.27. The van der Waals surface area contributed by atoms with Gasteiger partial charge >= 0.3 is 0 Å². The fraction of sp³-hybridized carbons (Fsp3) is 0.609. The van der Waals surface area contributed by atoms with Gasteiger partial charge in [-0.15, -0.1) is 0 Å². The summed E-state index contributed by atoms with van der Waals surface area (Å²) in [4.78, 5) is 33.0. The zero-order chi connectivity index (χ0) is 21.8. The lowest BCUT2D eigenvalue weighted by atomic mass is 9.87. The number of aromatic nitrogens is 2. The number of aromatic hydroxyl groups is 1. The van der Waals surface area contributed by atoms with E-state index < -0.39 is 11.5 Å². The molecule has 2 fully saturated rings. The van der Waals surface area contributed by atoms with E-state index >= 15 is 0 Å². The standard InChI is InChI=1S/C23H32N4O4/c1-16-5-7-17(8-6-16)25-22(29)19-20(28)18-4-2-9-24-21(18)27(23(19)30)12-11-26-10-3-14-31-15-13-26/h2,4,9,16-17,28H,3,5-8,10-15H2,1H3,(H,25,29)/t16-,17+. The summed E-state index contributed by atoms with van der Waals surface area (Å²) < 4.78 is 7.03. The maximum Gasteiger partial charge on any atom is 0.268 e. The minimum absolute atomic E-state index is 0.0395. The van der Waals surface area contributed by atoms with E-state index in [2.05, 4.69) is 22.1 Å². The molecule has 0 spiro atoms. The lowest BCUT2D eigenvalue weighted by molar-refractivity contribution is 0.0918. The van der Waals surface area contributed by atoms with Gasteiger partial charge in [0.15, 0.2) is 0 Å². The van der Waals surface area contributed by atoms with Crippen LogP contribution in [0.1, 0.15) is 49.4 Å². The van der Waals surface area contributed by atoms with Crippen molar-refractivity contribution in [3.05, 3.63) is 34.2 Å². The molecule has 1 aliphatic carbocycles. The summed E-state index contributed by atoms with van der Waals surface area (Å²) >= 11 is 0. The van der Waals surface area contributed by atoms with Crippen molar-refractivity contribution in [2.75, 3.05) is 32.8 Å². The maximum absolute atomic E-state index is 13.3. The third-order valence-corrected chi connectivity index (χ3v) is 6.53. The van der Waals surface area contributed by atoms with E-state index in [1.54, 1.807) is 18.3 Å². The molecule has 4 rings (SSSR count). The van der Waals surface area contributed by atoms with Crippen LogP contribution in [0.15, 0.2) is 23.1 Å². The van der Waals surface area contributed by atoms with E-state index in [0.29, 0.717) is 36.6 Å². The van der Waals surface area contributed by atoms with Gasteiger partial charge in [-0.3, -0.25) is 19.1 Å². The Morgan fingerprint density at radius 2 is 2.03 bits per heavy atom. The molecule has 3 heterocycles. The number of carbonyl (C=O) groups excluding carboxylic acids is 1. The van der Waals surface area contributed by atoms with Gasteiger partial charge in [-0.2, -0.15) is 0 Å². The molecule has 1 saturated carbocycles. The number of hydrogen-bond acceptors (Lipinski definition) is 6. The van der Waals surface area contributed by atoms with Gasteiger partial charge < -0.3 is 15.2 Å². The van der Waals surface area contributed by atoms with E-state index in [4.69, 9.17) is 4.74 Å². The fourth-order valence-electron chi connectivity index (χ4n) is 4.60. The highest BCUT2D eigenvalue weighted by atomic mass is 16.5. The molecule has 0 atom stereocenters. The van der Waals surface area contributed by atoms with Crippen molar-refractivity contribution < 1.29 is 14.6 Å². The summed E-state index contributed by atoms with van der Waals surface area (Å²) in [6.45, 7) is 6.42. The van der Waals surface area contributed by atoms with Crippen LogP contribution in [0, 0.1) is 5.92 Å². The third-order valence-electron chi connectivity index (χ3n) is 6.53. The van der Waals surface area contributed by atoms with Crippen molar-refractivity contribution in [3.63, 3.8) is 0 Å². The van der Waals surface area contributed by atoms with Crippen LogP contribution in [0.2, 0.25) is 0 Å². The number of nitrogens with zero attached hydrogens (tertiary/aromatic N) is 3. The van der Waals surface area contributed by atoms with Gasteiger partial charge in [0.05, 0.1) is 12.0 Å². The number of rotatable bonds is 5. The Hall–Kier alpha value is -2.45. The number of ether oxygens (including phenoxy) is 1. The molecule has 2 aromatic rings. The summed E-state index contributed by atoms with van der Waals surface area (Å²) in [7, 11) is 0. The van der Waals surface area contributed by atoms with E-state index in [1.807, 2.05) is 0 Å². The largest absolute Gasteiger partial charge is 0.506 e. The van der Waals surface area contributed by atoms with Crippen molar-refractivity contribution in [2.24, 2.45) is 5.92 Å². The molecular formula is C23H32N4O4. The maximum atomic E-state index is 13.3. The lowest BCUT2D eigenvalue weighted by Crippen LogP contribution is -2.41. The van der Waals surface area contributed by atoms with Crippen molar-refractivity contribution in [2.45, 2.75) is 51.6 Å². The monoisotopic (exact) mass is 428 g/mol. The number of nitrogens with one attached hydrogen (secondary N) is 1. The van der Waals surface area contributed by atoms with Crippen LogP contribution in [0.25, 0.3) is 11.0 Å². The first kappa shape index (κ1) is 21.8. The second-order valence-corrected chi connectivity index (χ2v) is 8.79. The van der Waals surface area contributed by atoms with E-state index in [-0.39, 0.29) is 17.4 Å². The topological polar surface area (TPSA) is 96.7 Å². The Labute approximate surface area is 182 Å². The zero-order valence-electron chi connectivity index (χ0n) is 18.2. The molecule has 1 amide bonds. The quantitative estimate of drug-likeness (QED) is 0.757. The Morgan fingerprint density at radius 1 is 1.23 bits per heavy atom. The van der Waals surface area contributed by atoms with Gasteiger partial charge in [0.1, 0.15) is 17.0 Å². The summed E-state index contributed by atoms with van der Waals surface area (Å²) in [5.41, 5.74) is -0.270. The number of pyridine rings is 2. The molecule has 2 aromatic heterocycles. The normalized spacial score (nSPS) is 22.9. The Morgan fingerprint density at radius 3 is 2.84 bits per heavy atom.